The first-order chi connectivity index (χ1) is 13.0. The minimum Gasteiger partial charge on any atom is -0.489 e. The second kappa shape index (κ2) is 8.20. The number of nitrogens with zero attached hydrogens (tertiary/aromatic N) is 3. The van der Waals surface area contributed by atoms with E-state index >= 15 is 0 Å². The summed E-state index contributed by atoms with van der Waals surface area (Å²) in [5.74, 6) is 0.234. The molecule has 0 spiro atoms. The van der Waals surface area contributed by atoms with Crippen LogP contribution in [0.4, 0.5) is 10.2 Å². The summed E-state index contributed by atoms with van der Waals surface area (Å²) in [7, 11) is 2.78. The first kappa shape index (κ1) is 18.9. The van der Waals surface area contributed by atoms with E-state index < -0.39 is 11.9 Å². The highest BCUT2D eigenvalue weighted by atomic mass is 19.1. The van der Waals surface area contributed by atoms with Crippen molar-refractivity contribution < 1.29 is 23.4 Å². The normalized spacial score (nSPS) is 14.7. The highest BCUT2D eigenvalue weighted by molar-refractivity contribution is 5.89. The van der Waals surface area contributed by atoms with E-state index in [2.05, 4.69) is 14.7 Å². The molecule has 1 aliphatic rings. The molecule has 0 amide bonds. The first-order valence-corrected chi connectivity index (χ1v) is 8.69. The van der Waals surface area contributed by atoms with Gasteiger partial charge in [-0.2, -0.15) is 4.39 Å². The predicted molar refractivity (Wildman–Crippen MR) is 96.9 cm³/mol. The number of halogens is 1. The van der Waals surface area contributed by atoms with Gasteiger partial charge in [0.05, 0.1) is 20.4 Å². The smallest absolute Gasteiger partial charge is 0.342 e. The SMILES string of the molecule is COC(=O)c1cc(C)c(N2CCC(Oc3ccc(OC)nc3)CC2)nc1F. The molecule has 2 aromatic rings. The monoisotopic (exact) mass is 375 g/mol. The van der Waals surface area contributed by atoms with Gasteiger partial charge in [-0.25, -0.2) is 14.8 Å². The molecule has 0 aromatic carbocycles. The summed E-state index contributed by atoms with van der Waals surface area (Å²) in [4.78, 5) is 21.7. The summed E-state index contributed by atoms with van der Waals surface area (Å²) in [5.41, 5.74) is 0.583. The van der Waals surface area contributed by atoms with E-state index in [1.807, 2.05) is 11.0 Å². The lowest BCUT2D eigenvalue weighted by molar-refractivity contribution is 0.0594. The van der Waals surface area contributed by atoms with Crippen LogP contribution in [0.2, 0.25) is 0 Å². The first-order valence-electron chi connectivity index (χ1n) is 8.69. The number of aryl methyl sites for hydroxylation is 1. The molecule has 0 aliphatic carbocycles. The standard InChI is InChI=1S/C19H22FN3O4/c1-12-10-15(19(24)26-3)17(20)22-18(12)23-8-6-13(7-9-23)27-14-4-5-16(25-2)21-11-14/h4-5,10-11,13H,6-9H2,1-3H3. The Morgan fingerprint density at radius 2 is 2.00 bits per heavy atom. The van der Waals surface area contributed by atoms with E-state index in [1.54, 1.807) is 26.3 Å². The quantitative estimate of drug-likeness (QED) is 0.588. The van der Waals surface area contributed by atoms with Gasteiger partial charge in [0.2, 0.25) is 11.8 Å². The maximum atomic E-state index is 14.2. The number of hydrogen-bond acceptors (Lipinski definition) is 7. The topological polar surface area (TPSA) is 73.8 Å². The maximum absolute atomic E-state index is 14.2. The van der Waals surface area contributed by atoms with Gasteiger partial charge in [0.15, 0.2) is 0 Å². The fourth-order valence-electron chi connectivity index (χ4n) is 3.09. The summed E-state index contributed by atoms with van der Waals surface area (Å²) >= 11 is 0. The summed E-state index contributed by atoms with van der Waals surface area (Å²) in [6.45, 7) is 3.16. The van der Waals surface area contributed by atoms with Crippen LogP contribution < -0.4 is 14.4 Å². The van der Waals surface area contributed by atoms with Crippen LogP contribution in [0.1, 0.15) is 28.8 Å². The number of esters is 1. The minimum atomic E-state index is -0.815. The van der Waals surface area contributed by atoms with Crippen molar-refractivity contribution in [1.29, 1.82) is 0 Å². The van der Waals surface area contributed by atoms with E-state index in [9.17, 15) is 9.18 Å². The highest BCUT2D eigenvalue weighted by Crippen LogP contribution is 2.26. The molecule has 0 atom stereocenters. The van der Waals surface area contributed by atoms with Crippen molar-refractivity contribution in [2.24, 2.45) is 0 Å². The van der Waals surface area contributed by atoms with Crippen LogP contribution in [-0.4, -0.2) is 49.4 Å². The number of hydrogen-bond donors (Lipinski definition) is 0. The number of ether oxygens (including phenoxy) is 3. The molecule has 0 saturated carbocycles. The number of piperidine rings is 1. The zero-order chi connectivity index (χ0) is 19.4. The Hall–Kier alpha value is -2.90. The van der Waals surface area contributed by atoms with Gasteiger partial charge in [0.25, 0.3) is 0 Å². The lowest BCUT2D eigenvalue weighted by Crippen LogP contribution is -2.39. The lowest BCUT2D eigenvalue weighted by atomic mass is 10.1. The molecule has 1 saturated heterocycles. The highest BCUT2D eigenvalue weighted by Gasteiger charge is 2.25. The number of aromatic nitrogens is 2. The molecule has 1 fully saturated rings. The van der Waals surface area contributed by atoms with Gasteiger partial charge in [0, 0.05) is 32.0 Å². The second-order valence-electron chi connectivity index (χ2n) is 6.30. The van der Waals surface area contributed by atoms with Gasteiger partial charge >= 0.3 is 5.97 Å². The molecule has 0 bridgehead atoms. The van der Waals surface area contributed by atoms with Crippen molar-refractivity contribution in [3.05, 3.63) is 41.5 Å². The van der Waals surface area contributed by atoms with Gasteiger partial charge in [0.1, 0.15) is 23.2 Å². The average Bonchev–Trinajstić information content (AvgIpc) is 2.70. The van der Waals surface area contributed by atoms with E-state index in [0.29, 0.717) is 30.5 Å². The van der Waals surface area contributed by atoms with Crippen molar-refractivity contribution in [3.8, 4) is 11.6 Å². The number of carbonyl (C=O) groups is 1. The average molecular weight is 375 g/mol. The molecule has 0 N–H and O–H groups in total. The third kappa shape index (κ3) is 4.27. The van der Waals surface area contributed by atoms with E-state index in [1.165, 1.54) is 13.2 Å². The summed E-state index contributed by atoms with van der Waals surface area (Å²) < 4.78 is 29.7. The molecular weight excluding hydrogens is 353 g/mol. The molecule has 8 heteroatoms. The van der Waals surface area contributed by atoms with E-state index in [4.69, 9.17) is 9.47 Å². The van der Waals surface area contributed by atoms with Crippen molar-refractivity contribution in [2.75, 3.05) is 32.2 Å². The van der Waals surface area contributed by atoms with Crippen molar-refractivity contribution in [2.45, 2.75) is 25.9 Å². The van der Waals surface area contributed by atoms with Gasteiger partial charge in [-0.05, 0) is 24.6 Å². The molecule has 27 heavy (non-hydrogen) atoms. The van der Waals surface area contributed by atoms with Gasteiger partial charge in [-0.1, -0.05) is 0 Å². The molecule has 3 heterocycles. The Morgan fingerprint density at radius 3 is 2.59 bits per heavy atom. The van der Waals surface area contributed by atoms with Gasteiger partial charge in [-0.15, -0.1) is 0 Å². The molecule has 3 rings (SSSR count). The zero-order valence-corrected chi connectivity index (χ0v) is 15.6. The molecule has 144 valence electrons. The number of pyridine rings is 2. The van der Waals surface area contributed by atoms with E-state index in [0.717, 1.165) is 18.4 Å². The Balaban J connectivity index is 1.63. The third-order valence-electron chi connectivity index (χ3n) is 4.51. The number of carbonyl (C=O) groups excluding carboxylic acids is 1. The molecule has 7 nitrogen and oxygen atoms in total. The van der Waals surface area contributed by atoms with Crippen LogP contribution in [0.5, 0.6) is 11.6 Å². The maximum Gasteiger partial charge on any atom is 0.342 e. The number of methoxy groups -OCH3 is 2. The third-order valence-corrected chi connectivity index (χ3v) is 4.51. The van der Waals surface area contributed by atoms with Gasteiger partial charge < -0.3 is 19.1 Å². The molecule has 0 radical (unpaired) electrons. The van der Waals surface area contributed by atoms with E-state index in [-0.39, 0.29) is 11.7 Å². The fraction of sp³-hybridized carbons (Fsp3) is 0.421. The van der Waals surface area contributed by atoms with Crippen molar-refractivity contribution in [1.82, 2.24) is 9.97 Å². The summed E-state index contributed by atoms with van der Waals surface area (Å²) in [6, 6.07) is 5.06. The molecular formula is C19H22FN3O4. The summed E-state index contributed by atoms with van der Waals surface area (Å²) in [6.07, 6.45) is 3.23. The van der Waals surface area contributed by atoms with Crippen LogP contribution in [0, 0.1) is 12.9 Å². The Morgan fingerprint density at radius 1 is 1.26 bits per heavy atom. The van der Waals surface area contributed by atoms with Gasteiger partial charge in [-0.3, -0.25) is 0 Å². The second-order valence-corrected chi connectivity index (χ2v) is 6.30. The van der Waals surface area contributed by atoms with Crippen LogP contribution in [0.15, 0.2) is 24.4 Å². The number of rotatable bonds is 5. The largest absolute Gasteiger partial charge is 0.489 e. The molecule has 0 unspecified atom stereocenters. The van der Waals surface area contributed by atoms with Crippen LogP contribution in [0.25, 0.3) is 0 Å². The zero-order valence-electron chi connectivity index (χ0n) is 15.6. The lowest BCUT2D eigenvalue weighted by Gasteiger charge is -2.33. The molecule has 2 aromatic heterocycles. The van der Waals surface area contributed by atoms with Crippen LogP contribution >= 0.6 is 0 Å². The van der Waals surface area contributed by atoms with Crippen LogP contribution in [0.3, 0.4) is 0 Å². The predicted octanol–water partition coefficient (Wildman–Crippen LogP) is 2.77. The Bertz CT molecular complexity index is 805. The van der Waals surface area contributed by atoms with Crippen LogP contribution in [-0.2, 0) is 4.74 Å². The Kier molecular flexibility index (Phi) is 5.73. The van der Waals surface area contributed by atoms with Crippen molar-refractivity contribution >= 4 is 11.8 Å². The number of anilines is 1. The molecule has 1 aliphatic heterocycles. The van der Waals surface area contributed by atoms with Crippen molar-refractivity contribution in [3.63, 3.8) is 0 Å². The minimum absolute atomic E-state index is 0.0518. The fourth-order valence-corrected chi connectivity index (χ4v) is 3.09. The Labute approximate surface area is 157 Å². The summed E-state index contributed by atoms with van der Waals surface area (Å²) in [5, 5.41) is 0.